The highest BCUT2D eigenvalue weighted by molar-refractivity contribution is 5.83. The Morgan fingerprint density at radius 1 is 1.39 bits per heavy atom. The zero-order valence-electron chi connectivity index (χ0n) is 10.2. The van der Waals surface area contributed by atoms with Crippen molar-refractivity contribution in [1.82, 2.24) is 5.32 Å². The Kier molecular flexibility index (Phi) is 4.81. The molecule has 18 heavy (non-hydrogen) atoms. The van der Waals surface area contributed by atoms with Crippen molar-refractivity contribution < 1.29 is 14.3 Å². The molecule has 0 saturated carbocycles. The second-order valence-corrected chi connectivity index (χ2v) is 3.75. The number of nitrogens with one attached hydrogen (secondary N) is 1. The standard InChI is InChI=1S/C12H13N3O3/c1-8(16)14-11(12(17)18-2)7-9-3-5-10(15-13)6-4-9/h3-6,11H,7H2,1-2H3/p+1/t11-/m0/s1. The Morgan fingerprint density at radius 3 is 2.44 bits per heavy atom. The number of amides is 1. The number of carbonyl (C=O) groups is 2. The lowest BCUT2D eigenvalue weighted by Crippen LogP contribution is -2.41. The summed E-state index contributed by atoms with van der Waals surface area (Å²) in [5.74, 6) is -0.798. The number of carbonyl (C=O) groups excluding carboxylic acids is 2. The van der Waals surface area contributed by atoms with Crippen molar-refractivity contribution in [3.8, 4) is 0 Å². The van der Waals surface area contributed by atoms with Gasteiger partial charge in [-0.05, 0) is 5.56 Å². The molecule has 0 fully saturated rings. The molecule has 1 amide bonds. The zero-order chi connectivity index (χ0) is 13.5. The number of esters is 1. The summed E-state index contributed by atoms with van der Waals surface area (Å²) in [5.41, 5.74) is 1.25. The highest BCUT2D eigenvalue weighted by Gasteiger charge is 2.20. The number of rotatable bonds is 4. The van der Waals surface area contributed by atoms with E-state index in [0.29, 0.717) is 12.1 Å². The quantitative estimate of drug-likeness (QED) is 0.644. The molecule has 0 aliphatic rings. The monoisotopic (exact) mass is 248 g/mol. The van der Waals surface area contributed by atoms with Crippen LogP contribution in [0, 0.1) is 5.39 Å². The van der Waals surface area contributed by atoms with Crippen LogP contribution in [0.15, 0.2) is 24.3 Å². The van der Waals surface area contributed by atoms with E-state index in [4.69, 9.17) is 5.39 Å². The third-order valence-electron chi connectivity index (χ3n) is 2.35. The van der Waals surface area contributed by atoms with E-state index in [2.05, 4.69) is 15.0 Å². The van der Waals surface area contributed by atoms with Crippen LogP contribution in [0.25, 0.3) is 4.98 Å². The maximum atomic E-state index is 11.5. The predicted molar refractivity (Wildman–Crippen MR) is 64.5 cm³/mol. The first-order valence-electron chi connectivity index (χ1n) is 5.35. The van der Waals surface area contributed by atoms with Gasteiger partial charge in [0.1, 0.15) is 6.04 Å². The van der Waals surface area contributed by atoms with Crippen molar-refractivity contribution in [1.29, 1.82) is 5.39 Å². The van der Waals surface area contributed by atoms with E-state index in [1.54, 1.807) is 24.3 Å². The number of ether oxygens (including phenoxy) is 1. The van der Waals surface area contributed by atoms with Gasteiger partial charge >= 0.3 is 11.7 Å². The van der Waals surface area contributed by atoms with Gasteiger partial charge in [0.2, 0.25) is 11.3 Å². The van der Waals surface area contributed by atoms with Crippen LogP contribution in [0.4, 0.5) is 5.69 Å². The molecule has 0 saturated heterocycles. The van der Waals surface area contributed by atoms with Crippen molar-refractivity contribution >= 4 is 17.6 Å². The molecule has 0 heterocycles. The Bertz CT molecular complexity index is 476. The molecule has 0 bridgehead atoms. The van der Waals surface area contributed by atoms with Crippen LogP contribution in [-0.4, -0.2) is 25.0 Å². The molecule has 1 N–H and O–H groups in total. The second-order valence-electron chi connectivity index (χ2n) is 3.75. The van der Waals surface area contributed by atoms with Gasteiger partial charge in [-0.25, -0.2) is 4.79 Å². The smallest absolute Gasteiger partial charge is 0.385 e. The molecule has 94 valence electrons. The van der Waals surface area contributed by atoms with Gasteiger partial charge in [0.05, 0.1) is 7.11 Å². The SMILES string of the molecule is COC(=O)[C@H](Cc1ccc([N+]#N)cc1)NC(C)=O. The molecule has 1 atom stereocenters. The molecule has 0 radical (unpaired) electrons. The number of hydrogen-bond donors (Lipinski definition) is 1. The third-order valence-corrected chi connectivity index (χ3v) is 2.35. The normalized spacial score (nSPS) is 11.2. The van der Waals surface area contributed by atoms with E-state index in [9.17, 15) is 9.59 Å². The van der Waals surface area contributed by atoms with Crippen LogP contribution in [0.1, 0.15) is 12.5 Å². The third kappa shape index (κ3) is 3.87. The average molecular weight is 248 g/mol. The van der Waals surface area contributed by atoms with Crippen molar-refractivity contribution in [3.63, 3.8) is 0 Å². The predicted octanol–water partition coefficient (Wildman–Crippen LogP) is 1.39. The van der Waals surface area contributed by atoms with E-state index in [0.717, 1.165) is 5.56 Å². The fourth-order valence-electron chi connectivity index (χ4n) is 1.52. The highest BCUT2D eigenvalue weighted by atomic mass is 16.5. The summed E-state index contributed by atoms with van der Waals surface area (Å²) >= 11 is 0. The molecule has 0 unspecified atom stereocenters. The van der Waals surface area contributed by atoms with Crippen molar-refractivity contribution in [3.05, 3.63) is 34.8 Å². The number of diazo groups is 1. The Morgan fingerprint density at radius 2 is 2.00 bits per heavy atom. The molecule has 0 spiro atoms. The summed E-state index contributed by atoms with van der Waals surface area (Å²) in [6, 6.07) is 5.93. The molecule has 0 aliphatic carbocycles. The molecular weight excluding hydrogens is 234 g/mol. The summed E-state index contributed by atoms with van der Waals surface area (Å²) in [6.45, 7) is 1.34. The number of methoxy groups -OCH3 is 1. The molecule has 1 aromatic rings. The largest absolute Gasteiger partial charge is 0.467 e. The maximum Gasteiger partial charge on any atom is 0.385 e. The minimum atomic E-state index is -0.718. The first kappa shape index (κ1) is 13.6. The van der Waals surface area contributed by atoms with Crippen LogP contribution in [0.3, 0.4) is 0 Å². The van der Waals surface area contributed by atoms with Crippen molar-refractivity contribution in [2.45, 2.75) is 19.4 Å². The molecule has 6 heteroatoms. The van der Waals surface area contributed by atoms with Crippen LogP contribution >= 0.6 is 0 Å². The van der Waals surface area contributed by atoms with Crippen molar-refractivity contribution in [2.75, 3.05) is 7.11 Å². The average Bonchev–Trinajstić information content (AvgIpc) is 2.37. The minimum Gasteiger partial charge on any atom is -0.467 e. The van der Waals surface area contributed by atoms with Gasteiger partial charge in [-0.15, -0.1) is 0 Å². The highest BCUT2D eigenvalue weighted by Crippen LogP contribution is 2.14. The summed E-state index contributed by atoms with van der Waals surface area (Å²) in [4.78, 5) is 25.5. The fourth-order valence-corrected chi connectivity index (χ4v) is 1.52. The molecule has 0 aromatic heterocycles. The Hall–Kier alpha value is -2.42. The van der Waals surface area contributed by atoms with E-state index in [-0.39, 0.29) is 5.91 Å². The summed E-state index contributed by atoms with van der Waals surface area (Å²) in [5, 5.41) is 11.1. The van der Waals surface area contributed by atoms with Crippen LogP contribution in [0.2, 0.25) is 0 Å². The Balaban J connectivity index is 2.78. The van der Waals surface area contributed by atoms with Gasteiger partial charge < -0.3 is 10.1 Å². The summed E-state index contributed by atoms with van der Waals surface area (Å²) < 4.78 is 4.62. The van der Waals surface area contributed by atoms with Crippen molar-refractivity contribution in [2.24, 2.45) is 0 Å². The molecule has 0 aliphatic heterocycles. The molecule has 1 aromatic carbocycles. The van der Waals surface area contributed by atoms with E-state index in [1.165, 1.54) is 14.0 Å². The zero-order valence-corrected chi connectivity index (χ0v) is 10.2. The number of hydrogen-bond acceptors (Lipinski definition) is 4. The molecule has 1 rings (SSSR count). The topological polar surface area (TPSA) is 83.6 Å². The minimum absolute atomic E-state index is 0.299. The lowest BCUT2D eigenvalue weighted by molar-refractivity contribution is -0.144. The van der Waals surface area contributed by atoms with Gasteiger partial charge in [0, 0.05) is 25.5 Å². The van der Waals surface area contributed by atoms with E-state index < -0.39 is 12.0 Å². The second kappa shape index (κ2) is 6.35. The van der Waals surface area contributed by atoms with Crippen LogP contribution < -0.4 is 5.32 Å². The summed E-state index contributed by atoms with van der Waals surface area (Å²) in [6.07, 6.45) is 0.317. The summed E-state index contributed by atoms with van der Waals surface area (Å²) in [7, 11) is 1.27. The first-order chi connectivity index (χ1) is 8.56. The molecular formula is C12H14N3O3+. The van der Waals surface area contributed by atoms with Crippen LogP contribution in [0.5, 0.6) is 0 Å². The van der Waals surface area contributed by atoms with E-state index in [1.807, 2.05) is 0 Å². The lowest BCUT2D eigenvalue weighted by atomic mass is 10.1. The lowest BCUT2D eigenvalue weighted by Gasteiger charge is -2.15. The van der Waals surface area contributed by atoms with Gasteiger partial charge in [0.25, 0.3) is 0 Å². The van der Waals surface area contributed by atoms with E-state index >= 15 is 0 Å². The van der Waals surface area contributed by atoms with Gasteiger partial charge in [-0.2, -0.15) is 0 Å². The van der Waals surface area contributed by atoms with Gasteiger partial charge in [-0.1, -0.05) is 12.1 Å². The van der Waals surface area contributed by atoms with Gasteiger partial charge in [0.15, 0.2) is 4.98 Å². The van der Waals surface area contributed by atoms with Gasteiger partial charge in [-0.3, -0.25) is 4.79 Å². The fraction of sp³-hybridized carbons (Fsp3) is 0.333. The number of benzene rings is 1. The Labute approximate surface area is 105 Å². The van der Waals surface area contributed by atoms with Crippen LogP contribution in [-0.2, 0) is 20.7 Å². The number of nitrogens with zero attached hydrogens (tertiary/aromatic N) is 2. The maximum absolute atomic E-state index is 11.5. The molecule has 6 nitrogen and oxygen atoms in total. The first-order valence-corrected chi connectivity index (χ1v) is 5.35.